The normalized spacial score (nSPS) is 11.5. The van der Waals surface area contributed by atoms with E-state index in [1.165, 1.54) is 19.5 Å². The zero-order valence-electron chi connectivity index (χ0n) is 18.0. The predicted molar refractivity (Wildman–Crippen MR) is 124 cm³/mol. The van der Waals surface area contributed by atoms with Crippen LogP contribution in [-0.4, -0.2) is 34.2 Å². The minimum atomic E-state index is -0.738. The van der Waals surface area contributed by atoms with Crippen LogP contribution in [0.3, 0.4) is 0 Å². The predicted octanol–water partition coefficient (Wildman–Crippen LogP) is 5.85. The SMILES string of the molecule is COC(=O)c1cc2c(ncn2CCC(=O)OC(C)(C)C)c(F)c1Nc1ccc(Br)cc1Cl. The summed E-state index contributed by atoms with van der Waals surface area (Å²) in [5.74, 6) is -1.87. The molecule has 0 fully saturated rings. The molecule has 0 aliphatic carbocycles. The molecule has 0 bridgehead atoms. The zero-order valence-corrected chi connectivity index (χ0v) is 20.3. The van der Waals surface area contributed by atoms with E-state index in [0.29, 0.717) is 16.2 Å². The molecule has 0 aliphatic rings. The average molecular weight is 527 g/mol. The molecule has 0 unspecified atom stereocenters. The third-order valence-electron chi connectivity index (χ3n) is 4.43. The molecule has 10 heteroatoms. The van der Waals surface area contributed by atoms with Crippen molar-refractivity contribution in [1.29, 1.82) is 0 Å². The summed E-state index contributed by atoms with van der Waals surface area (Å²) in [6.07, 6.45) is 1.47. The van der Waals surface area contributed by atoms with E-state index in [9.17, 15) is 9.59 Å². The number of halogens is 3. The van der Waals surface area contributed by atoms with Crippen molar-refractivity contribution in [2.75, 3.05) is 12.4 Å². The lowest BCUT2D eigenvalue weighted by molar-refractivity contribution is -0.155. The largest absolute Gasteiger partial charge is 0.465 e. The van der Waals surface area contributed by atoms with E-state index in [2.05, 4.69) is 26.2 Å². The molecule has 3 rings (SSSR count). The fourth-order valence-electron chi connectivity index (χ4n) is 3.06. The van der Waals surface area contributed by atoms with Crippen LogP contribution in [0, 0.1) is 5.82 Å². The summed E-state index contributed by atoms with van der Waals surface area (Å²) in [6, 6.07) is 6.50. The minimum absolute atomic E-state index is 0.0319. The molecule has 0 amide bonds. The van der Waals surface area contributed by atoms with Gasteiger partial charge >= 0.3 is 11.9 Å². The van der Waals surface area contributed by atoms with Crippen molar-refractivity contribution >= 4 is 61.9 Å². The lowest BCUT2D eigenvalue weighted by Crippen LogP contribution is -2.24. The molecule has 0 spiro atoms. The van der Waals surface area contributed by atoms with Gasteiger partial charge in [-0.2, -0.15) is 0 Å². The van der Waals surface area contributed by atoms with Crippen LogP contribution in [0.2, 0.25) is 5.02 Å². The molecular weight excluding hydrogens is 505 g/mol. The monoisotopic (exact) mass is 525 g/mol. The van der Waals surface area contributed by atoms with E-state index in [1.54, 1.807) is 43.5 Å². The third kappa shape index (κ3) is 5.39. The molecule has 0 radical (unpaired) electrons. The van der Waals surface area contributed by atoms with Crippen LogP contribution in [0.5, 0.6) is 0 Å². The number of fused-ring (bicyclic) bond motifs is 1. The number of ether oxygens (including phenoxy) is 2. The number of rotatable bonds is 6. The molecule has 0 saturated carbocycles. The first-order valence-corrected chi connectivity index (χ1v) is 10.9. The number of aryl methyl sites for hydroxylation is 1. The lowest BCUT2D eigenvalue weighted by atomic mass is 10.1. The Morgan fingerprint density at radius 2 is 2.00 bits per heavy atom. The number of imidazole rings is 1. The van der Waals surface area contributed by atoms with Crippen LogP contribution in [0.1, 0.15) is 37.6 Å². The van der Waals surface area contributed by atoms with Crippen LogP contribution >= 0.6 is 27.5 Å². The van der Waals surface area contributed by atoms with Gasteiger partial charge in [0.1, 0.15) is 11.1 Å². The van der Waals surface area contributed by atoms with Crippen LogP contribution in [-0.2, 0) is 20.8 Å². The summed E-state index contributed by atoms with van der Waals surface area (Å²) in [5.41, 5.74) is 0.0493. The highest BCUT2D eigenvalue weighted by atomic mass is 79.9. The standard InChI is InChI=1S/C22H22BrClFN3O4/c1-22(2,3)32-17(29)7-8-28-11-26-20-16(28)10-13(21(30)31-4)19(18(20)25)27-15-6-5-12(23)9-14(15)24/h5-6,9-11,27H,7-8H2,1-4H3. The Bertz CT molecular complexity index is 1190. The Kier molecular flexibility index (Phi) is 7.09. The van der Waals surface area contributed by atoms with E-state index in [0.717, 1.165) is 4.47 Å². The van der Waals surface area contributed by atoms with Crippen molar-refractivity contribution in [3.8, 4) is 0 Å². The number of nitrogens with one attached hydrogen (secondary N) is 1. The molecule has 0 aliphatic heterocycles. The number of benzene rings is 2. The van der Waals surface area contributed by atoms with Crippen LogP contribution in [0.25, 0.3) is 11.0 Å². The number of carbonyl (C=O) groups excluding carboxylic acids is 2. The molecule has 0 atom stereocenters. The first kappa shape index (κ1) is 24.0. The third-order valence-corrected chi connectivity index (χ3v) is 5.23. The quantitative estimate of drug-likeness (QED) is 0.406. The van der Waals surface area contributed by atoms with Crippen molar-refractivity contribution in [3.05, 3.63) is 51.5 Å². The second kappa shape index (κ2) is 9.46. The summed E-state index contributed by atoms with van der Waals surface area (Å²) in [5, 5.41) is 3.21. The molecule has 0 saturated heterocycles. The van der Waals surface area contributed by atoms with Gasteiger partial charge in [-0.1, -0.05) is 27.5 Å². The fourth-order valence-corrected chi connectivity index (χ4v) is 3.78. The Hall–Kier alpha value is -2.65. The molecule has 170 valence electrons. The summed E-state index contributed by atoms with van der Waals surface area (Å²) in [7, 11) is 1.21. The van der Waals surface area contributed by atoms with E-state index in [1.807, 2.05) is 0 Å². The highest BCUT2D eigenvalue weighted by Gasteiger charge is 2.23. The first-order valence-electron chi connectivity index (χ1n) is 9.69. The van der Waals surface area contributed by atoms with Gasteiger partial charge in [-0.05, 0) is 45.0 Å². The summed E-state index contributed by atoms with van der Waals surface area (Å²) in [4.78, 5) is 28.6. The smallest absolute Gasteiger partial charge is 0.340 e. The Labute approximate surface area is 198 Å². The molecule has 1 aromatic heterocycles. The Balaban J connectivity index is 2.00. The second-order valence-electron chi connectivity index (χ2n) is 8.00. The van der Waals surface area contributed by atoms with Gasteiger partial charge < -0.3 is 19.4 Å². The summed E-state index contributed by atoms with van der Waals surface area (Å²) < 4.78 is 28.0. The van der Waals surface area contributed by atoms with Gasteiger partial charge in [0.15, 0.2) is 5.82 Å². The van der Waals surface area contributed by atoms with E-state index in [4.69, 9.17) is 21.1 Å². The summed E-state index contributed by atoms with van der Waals surface area (Å²) in [6.45, 7) is 5.54. The van der Waals surface area contributed by atoms with Crippen molar-refractivity contribution in [2.45, 2.75) is 39.3 Å². The van der Waals surface area contributed by atoms with Gasteiger partial charge in [0.2, 0.25) is 0 Å². The minimum Gasteiger partial charge on any atom is -0.465 e. The van der Waals surface area contributed by atoms with Gasteiger partial charge in [0.05, 0.1) is 47.3 Å². The lowest BCUT2D eigenvalue weighted by Gasteiger charge is -2.19. The number of nitrogens with zero attached hydrogens (tertiary/aromatic N) is 2. The maximum atomic E-state index is 15.5. The molecule has 3 aromatic rings. The van der Waals surface area contributed by atoms with Gasteiger partial charge in [0, 0.05) is 11.0 Å². The van der Waals surface area contributed by atoms with Crippen molar-refractivity contribution < 1.29 is 23.5 Å². The van der Waals surface area contributed by atoms with Crippen LogP contribution in [0.15, 0.2) is 35.1 Å². The molecule has 2 aromatic carbocycles. The maximum Gasteiger partial charge on any atom is 0.340 e. The van der Waals surface area contributed by atoms with Crippen LogP contribution in [0.4, 0.5) is 15.8 Å². The van der Waals surface area contributed by atoms with Gasteiger partial charge in [-0.15, -0.1) is 0 Å². The first-order chi connectivity index (χ1) is 15.0. The van der Waals surface area contributed by atoms with E-state index in [-0.39, 0.29) is 29.7 Å². The second-order valence-corrected chi connectivity index (χ2v) is 9.32. The maximum absolute atomic E-state index is 15.5. The highest BCUT2D eigenvalue weighted by molar-refractivity contribution is 9.10. The number of carbonyl (C=O) groups is 2. The van der Waals surface area contributed by atoms with Gasteiger partial charge in [0.25, 0.3) is 0 Å². The number of methoxy groups -OCH3 is 1. The average Bonchev–Trinajstić information content (AvgIpc) is 3.11. The molecule has 1 heterocycles. The van der Waals surface area contributed by atoms with Crippen molar-refractivity contribution in [2.24, 2.45) is 0 Å². The number of esters is 2. The van der Waals surface area contributed by atoms with Gasteiger partial charge in [-0.25, -0.2) is 14.2 Å². The van der Waals surface area contributed by atoms with Gasteiger partial charge in [-0.3, -0.25) is 4.79 Å². The van der Waals surface area contributed by atoms with Crippen LogP contribution < -0.4 is 5.32 Å². The molecular formula is C22H22BrClFN3O4. The Morgan fingerprint density at radius 1 is 1.28 bits per heavy atom. The topological polar surface area (TPSA) is 82.5 Å². The zero-order chi connectivity index (χ0) is 23.6. The number of hydrogen-bond acceptors (Lipinski definition) is 6. The molecule has 7 nitrogen and oxygen atoms in total. The van der Waals surface area contributed by atoms with Crippen molar-refractivity contribution in [3.63, 3.8) is 0 Å². The highest BCUT2D eigenvalue weighted by Crippen LogP contribution is 2.34. The number of aromatic nitrogens is 2. The van der Waals surface area contributed by atoms with E-state index < -0.39 is 23.4 Å². The Morgan fingerprint density at radius 3 is 2.62 bits per heavy atom. The summed E-state index contributed by atoms with van der Waals surface area (Å²) >= 11 is 9.56. The fraction of sp³-hybridized carbons (Fsp3) is 0.318. The number of anilines is 2. The molecule has 32 heavy (non-hydrogen) atoms. The number of hydrogen-bond donors (Lipinski definition) is 1. The van der Waals surface area contributed by atoms with Crippen molar-refractivity contribution in [1.82, 2.24) is 9.55 Å². The molecule has 1 N–H and O–H groups in total. The van der Waals surface area contributed by atoms with E-state index >= 15 is 4.39 Å².